The lowest BCUT2D eigenvalue weighted by atomic mass is 9.87. The van der Waals surface area contributed by atoms with Crippen LogP contribution in [0.3, 0.4) is 0 Å². The van der Waals surface area contributed by atoms with Crippen molar-refractivity contribution >= 4 is 11.6 Å². The minimum absolute atomic E-state index is 0.00675. The average molecular weight is 481 g/mol. The van der Waals surface area contributed by atoms with Crippen molar-refractivity contribution in [2.24, 2.45) is 0 Å². The molecule has 4 rings (SSSR count). The lowest BCUT2D eigenvalue weighted by Crippen LogP contribution is -2.12. The van der Waals surface area contributed by atoms with Crippen molar-refractivity contribution < 1.29 is 24.5 Å². The zero-order chi connectivity index (χ0) is 26.0. The third-order valence-corrected chi connectivity index (χ3v) is 6.35. The SMILES string of the molecule is Cc1c(C(=O)c2ccc(O)cc2C(C)C)cc(C(=O)c2ccc(Oc3ccccc3)cc2)c(O)c1C. The number of hydrogen-bond donors (Lipinski definition) is 2. The second-order valence-electron chi connectivity index (χ2n) is 9.09. The second-order valence-corrected chi connectivity index (χ2v) is 9.09. The maximum absolute atomic E-state index is 13.6. The van der Waals surface area contributed by atoms with Crippen LogP contribution in [-0.2, 0) is 0 Å². The van der Waals surface area contributed by atoms with E-state index in [-0.39, 0.29) is 28.8 Å². The number of hydrogen-bond acceptors (Lipinski definition) is 5. The molecule has 0 atom stereocenters. The standard InChI is InChI=1S/C31H28O5/c1-18(2)26-16-22(32)12-15-25(26)31(35)27-17-28(29(33)20(4)19(27)3)30(34)21-10-13-24(14-11-21)36-23-8-6-5-7-9-23/h5-18,32-33H,1-4H3. The van der Waals surface area contributed by atoms with E-state index >= 15 is 0 Å². The van der Waals surface area contributed by atoms with Crippen LogP contribution in [0.5, 0.6) is 23.0 Å². The highest BCUT2D eigenvalue weighted by Gasteiger charge is 2.24. The first-order chi connectivity index (χ1) is 17.2. The number of phenols is 2. The summed E-state index contributed by atoms with van der Waals surface area (Å²) in [5.41, 5.74) is 3.00. The summed E-state index contributed by atoms with van der Waals surface area (Å²) in [7, 11) is 0. The number of para-hydroxylation sites is 1. The van der Waals surface area contributed by atoms with Crippen molar-refractivity contribution in [1.82, 2.24) is 0 Å². The highest BCUT2D eigenvalue weighted by molar-refractivity contribution is 6.15. The Bertz CT molecular complexity index is 1430. The Hall–Kier alpha value is -4.38. The van der Waals surface area contributed by atoms with Crippen LogP contribution in [0, 0.1) is 13.8 Å². The van der Waals surface area contributed by atoms with Gasteiger partial charge in [0.2, 0.25) is 0 Å². The number of ketones is 2. The minimum Gasteiger partial charge on any atom is -0.508 e. The Morgan fingerprint density at radius 3 is 1.97 bits per heavy atom. The fourth-order valence-electron chi connectivity index (χ4n) is 4.15. The average Bonchev–Trinajstić information content (AvgIpc) is 2.88. The first-order valence-corrected chi connectivity index (χ1v) is 11.8. The van der Waals surface area contributed by atoms with Gasteiger partial charge in [0.15, 0.2) is 11.6 Å². The van der Waals surface area contributed by atoms with Crippen LogP contribution < -0.4 is 4.74 Å². The number of carbonyl (C=O) groups excluding carboxylic acids is 2. The van der Waals surface area contributed by atoms with E-state index in [0.29, 0.717) is 44.9 Å². The van der Waals surface area contributed by atoms with E-state index < -0.39 is 5.78 Å². The normalized spacial score (nSPS) is 10.9. The van der Waals surface area contributed by atoms with Gasteiger partial charge in [0, 0.05) is 16.7 Å². The van der Waals surface area contributed by atoms with E-state index in [1.165, 1.54) is 12.1 Å². The molecule has 0 bridgehead atoms. The summed E-state index contributed by atoms with van der Waals surface area (Å²) in [6, 6.07) is 22.1. The molecule has 0 amide bonds. The van der Waals surface area contributed by atoms with Gasteiger partial charge in [-0.25, -0.2) is 0 Å². The molecule has 5 nitrogen and oxygen atoms in total. The molecule has 0 radical (unpaired) electrons. The van der Waals surface area contributed by atoms with Gasteiger partial charge in [-0.2, -0.15) is 0 Å². The molecule has 0 spiro atoms. The molecule has 4 aromatic carbocycles. The van der Waals surface area contributed by atoms with Crippen molar-refractivity contribution in [2.75, 3.05) is 0 Å². The summed E-state index contributed by atoms with van der Waals surface area (Å²) < 4.78 is 5.79. The molecule has 0 fully saturated rings. The fraction of sp³-hybridized carbons (Fsp3) is 0.161. The molecule has 0 aliphatic rings. The van der Waals surface area contributed by atoms with Crippen molar-refractivity contribution in [1.29, 1.82) is 0 Å². The lowest BCUT2D eigenvalue weighted by Gasteiger charge is -2.17. The van der Waals surface area contributed by atoms with E-state index in [0.717, 1.165) is 0 Å². The molecular weight excluding hydrogens is 452 g/mol. The molecule has 5 heteroatoms. The van der Waals surface area contributed by atoms with Gasteiger partial charge >= 0.3 is 0 Å². The van der Waals surface area contributed by atoms with Crippen LogP contribution in [0.2, 0.25) is 0 Å². The monoisotopic (exact) mass is 480 g/mol. The Balaban J connectivity index is 1.70. The van der Waals surface area contributed by atoms with Crippen LogP contribution in [0.4, 0.5) is 0 Å². The molecule has 0 aliphatic heterocycles. The van der Waals surface area contributed by atoms with Crippen LogP contribution in [0.15, 0.2) is 78.9 Å². The van der Waals surface area contributed by atoms with Gasteiger partial charge in [-0.3, -0.25) is 9.59 Å². The molecule has 2 N–H and O–H groups in total. The van der Waals surface area contributed by atoms with E-state index in [4.69, 9.17) is 4.74 Å². The van der Waals surface area contributed by atoms with Gasteiger partial charge < -0.3 is 14.9 Å². The van der Waals surface area contributed by atoms with E-state index in [9.17, 15) is 19.8 Å². The first-order valence-electron chi connectivity index (χ1n) is 11.8. The Kier molecular flexibility index (Phi) is 6.93. The third kappa shape index (κ3) is 4.86. The molecule has 0 saturated heterocycles. The van der Waals surface area contributed by atoms with Crippen molar-refractivity contribution in [2.45, 2.75) is 33.6 Å². The van der Waals surface area contributed by atoms with Crippen molar-refractivity contribution in [3.8, 4) is 23.0 Å². The number of rotatable bonds is 7. The minimum atomic E-state index is -0.397. The van der Waals surface area contributed by atoms with E-state index in [1.54, 1.807) is 50.2 Å². The predicted molar refractivity (Wildman–Crippen MR) is 140 cm³/mol. The molecule has 0 unspecified atom stereocenters. The van der Waals surface area contributed by atoms with Crippen molar-refractivity contribution in [3.63, 3.8) is 0 Å². The van der Waals surface area contributed by atoms with Gasteiger partial charge in [-0.15, -0.1) is 0 Å². The number of carbonyl (C=O) groups is 2. The number of benzene rings is 4. The fourth-order valence-corrected chi connectivity index (χ4v) is 4.15. The van der Waals surface area contributed by atoms with E-state index in [2.05, 4.69) is 0 Å². The van der Waals surface area contributed by atoms with Gasteiger partial charge in [-0.1, -0.05) is 32.0 Å². The summed E-state index contributed by atoms with van der Waals surface area (Å²) in [6.07, 6.45) is 0. The maximum atomic E-state index is 13.6. The van der Waals surface area contributed by atoms with Crippen LogP contribution in [0.1, 0.15) is 68.3 Å². The third-order valence-electron chi connectivity index (χ3n) is 6.35. The van der Waals surface area contributed by atoms with Crippen LogP contribution in [0.25, 0.3) is 0 Å². The summed E-state index contributed by atoms with van der Waals surface area (Å²) >= 11 is 0. The van der Waals surface area contributed by atoms with Gasteiger partial charge in [-0.05, 0) is 97.1 Å². The number of phenolic OH excluding ortho intramolecular Hbond substituents is 2. The van der Waals surface area contributed by atoms with Gasteiger partial charge in [0.25, 0.3) is 0 Å². The molecule has 182 valence electrons. The molecule has 4 aromatic rings. The zero-order valence-corrected chi connectivity index (χ0v) is 20.7. The number of ether oxygens (including phenoxy) is 1. The maximum Gasteiger partial charge on any atom is 0.196 e. The molecule has 0 aromatic heterocycles. The Labute approximate surface area is 210 Å². The highest BCUT2D eigenvalue weighted by Crippen LogP contribution is 2.33. The topological polar surface area (TPSA) is 83.8 Å². The summed E-state index contributed by atoms with van der Waals surface area (Å²) in [5, 5.41) is 20.7. The molecule has 0 aliphatic carbocycles. The smallest absolute Gasteiger partial charge is 0.196 e. The van der Waals surface area contributed by atoms with Crippen LogP contribution in [-0.4, -0.2) is 21.8 Å². The second kappa shape index (κ2) is 10.1. The summed E-state index contributed by atoms with van der Waals surface area (Å²) in [6.45, 7) is 7.33. The number of aromatic hydroxyl groups is 2. The Morgan fingerprint density at radius 1 is 0.694 bits per heavy atom. The first kappa shape index (κ1) is 24.7. The lowest BCUT2D eigenvalue weighted by molar-refractivity contribution is 0.103. The summed E-state index contributed by atoms with van der Waals surface area (Å²) in [4.78, 5) is 27.0. The molecule has 0 saturated carbocycles. The summed E-state index contributed by atoms with van der Waals surface area (Å²) in [5.74, 6) is 0.545. The highest BCUT2D eigenvalue weighted by atomic mass is 16.5. The van der Waals surface area contributed by atoms with Crippen LogP contribution >= 0.6 is 0 Å². The molecule has 36 heavy (non-hydrogen) atoms. The largest absolute Gasteiger partial charge is 0.508 e. The quantitative estimate of drug-likeness (QED) is 0.276. The zero-order valence-electron chi connectivity index (χ0n) is 20.7. The predicted octanol–water partition coefficient (Wildman–Crippen LogP) is 7.09. The van der Waals surface area contributed by atoms with Gasteiger partial charge in [0.05, 0.1) is 5.56 Å². The Morgan fingerprint density at radius 2 is 1.33 bits per heavy atom. The molecule has 0 heterocycles. The van der Waals surface area contributed by atoms with Crippen molar-refractivity contribution in [3.05, 3.63) is 118 Å². The molecular formula is C31H28O5. The van der Waals surface area contributed by atoms with Gasteiger partial charge in [0.1, 0.15) is 23.0 Å². The van der Waals surface area contributed by atoms with E-state index in [1.807, 2.05) is 44.2 Å².